The Morgan fingerprint density at radius 1 is 1.25 bits per heavy atom. The van der Waals surface area contributed by atoms with Crippen LogP contribution in [0.4, 0.5) is 4.39 Å². The van der Waals surface area contributed by atoms with Crippen molar-refractivity contribution in [1.82, 2.24) is 4.90 Å². The van der Waals surface area contributed by atoms with Gasteiger partial charge in [-0.3, -0.25) is 4.90 Å². The Balaban J connectivity index is 2.75. The summed E-state index contributed by atoms with van der Waals surface area (Å²) in [6.45, 7) is 9.75. The molecule has 0 fully saturated rings. The molecule has 0 unspecified atom stereocenters. The van der Waals surface area contributed by atoms with E-state index in [-0.39, 0.29) is 5.82 Å². The van der Waals surface area contributed by atoms with Crippen LogP contribution in [0, 0.1) is 5.82 Å². The lowest BCUT2D eigenvalue weighted by Gasteiger charge is -2.19. The second kappa shape index (κ2) is 6.61. The molecule has 0 aromatic heterocycles. The largest absolute Gasteiger partial charge is 0.292 e. The summed E-state index contributed by atoms with van der Waals surface area (Å²) >= 11 is 3.36. The van der Waals surface area contributed by atoms with Gasteiger partial charge in [0.15, 0.2) is 0 Å². The molecule has 0 aliphatic heterocycles. The Labute approximate surface area is 104 Å². The van der Waals surface area contributed by atoms with Gasteiger partial charge in [-0.05, 0) is 17.7 Å². The topological polar surface area (TPSA) is 3.24 Å². The first-order valence-electron chi connectivity index (χ1n) is 5.05. The second-order valence-corrected chi connectivity index (χ2v) is 4.36. The van der Waals surface area contributed by atoms with Gasteiger partial charge in [0.1, 0.15) is 5.82 Å². The first-order chi connectivity index (χ1) is 7.67. The molecule has 1 aromatic carbocycles. The first kappa shape index (κ1) is 13.1. The molecule has 0 radical (unpaired) electrons. The normalized spacial score (nSPS) is 10.4. The van der Waals surface area contributed by atoms with Gasteiger partial charge in [-0.1, -0.05) is 34.1 Å². The molecule has 0 N–H and O–H groups in total. The summed E-state index contributed by atoms with van der Waals surface area (Å²) < 4.78 is 13.7. The van der Waals surface area contributed by atoms with Crippen molar-refractivity contribution < 1.29 is 4.39 Å². The highest BCUT2D eigenvalue weighted by molar-refractivity contribution is 9.10. The molecule has 3 heteroatoms. The van der Waals surface area contributed by atoms with E-state index >= 15 is 0 Å². The standard InChI is InChI=1S/C13H15BrFN/c1-3-7-16(8-4-2)10-11-5-6-12(15)9-13(11)14/h3-6,9H,1-2,7-8,10H2. The van der Waals surface area contributed by atoms with Crippen LogP contribution >= 0.6 is 15.9 Å². The van der Waals surface area contributed by atoms with Crippen molar-refractivity contribution in [3.63, 3.8) is 0 Å². The average Bonchev–Trinajstić information content (AvgIpc) is 2.23. The number of rotatable bonds is 6. The van der Waals surface area contributed by atoms with Crippen molar-refractivity contribution in [3.8, 4) is 0 Å². The molecule has 0 aliphatic carbocycles. The van der Waals surface area contributed by atoms with Gasteiger partial charge in [-0.2, -0.15) is 0 Å². The van der Waals surface area contributed by atoms with Crippen molar-refractivity contribution in [2.24, 2.45) is 0 Å². The number of hydrogen-bond acceptors (Lipinski definition) is 1. The zero-order valence-corrected chi connectivity index (χ0v) is 10.7. The van der Waals surface area contributed by atoms with Gasteiger partial charge < -0.3 is 0 Å². The summed E-state index contributed by atoms with van der Waals surface area (Å²) in [5, 5.41) is 0. The van der Waals surface area contributed by atoms with E-state index in [1.165, 1.54) is 12.1 Å². The third-order valence-electron chi connectivity index (χ3n) is 2.18. The Kier molecular flexibility index (Phi) is 5.43. The Hall–Kier alpha value is -0.930. The quantitative estimate of drug-likeness (QED) is 0.719. The predicted molar refractivity (Wildman–Crippen MR) is 69.8 cm³/mol. The summed E-state index contributed by atoms with van der Waals surface area (Å²) in [5.74, 6) is -0.227. The lowest BCUT2D eigenvalue weighted by Crippen LogP contribution is -2.23. The van der Waals surface area contributed by atoms with Gasteiger partial charge in [0.05, 0.1) is 0 Å². The van der Waals surface area contributed by atoms with Crippen molar-refractivity contribution >= 4 is 15.9 Å². The lowest BCUT2D eigenvalue weighted by molar-refractivity contribution is 0.327. The van der Waals surface area contributed by atoms with Crippen LogP contribution in [0.25, 0.3) is 0 Å². The Morgan fingerprint density at radius 3 is 2.38 bits per heavy atom. The van der Waals surface area contributed by atoms with E-state index in [1.807, 2.05) is 12.2 Å². The minimum absolute atomic E-state index is 0.227. The van der Waals surface area contributed by atoms with Gasteiger partial charge >= 0.3 is 0 Å². The second-order valence-electron chi connectivity index (χ2n) is 3.51. The molecule has 86 valence electrons. The van der Waals surface area contributed by atoms with Crippen LogP contribution in [0.3, 0.4) is 0 Å². The van der Waals surface area contributed by atoms with E-state index in [9.17, 15) is 4.39 Å². The van der Waals surface area contributed by atoms with Gasteiger partial charge in [0.2, 0.25) is 0 Å². The van der Waals surface area contributed by atoms with E-state index in [0.717, 1.165) is 29.7 Å². The third-order valence-corrected chi connectivity index (χ3v) is 2.92. The molecule has 0 atom stereocenters. The van der Waals surface area contributed by atoms with Crippen LogP contribution < -0.4 is 0 Å². The highest BCUT2D eigenvalue weighted by Gasteiger charge is 2.06. The molecular weight excluding hydrogens is 269 g/mol. The van der Waals surface area contributed by atoms with Gasteiger partial charge in [-0.15, -0.1) is 13.2 Å². The van der Waals surface area contributed by atoms with Crippen molar-refractivity contribution in [2.45, 2.75) is 6.54 Å². The molecule has 0 bridgehead atoms. The van der Waals surface area contributed by atoms with E-state index in [4.69, 9.17) is 0 Å². The van der Waals surface area contributed by atoms with Gasteiger partial charge in [0.25, 0.3) is 0 Å². The molecule has 1 aromatic rings. The number of nitrogens with zero attached hydrogens (tertiary/aromatic N) is 1. The first-order valence-corrected chi connectivity index (χ1v) is 5.84. The van der Waals surface area contributed by atoms with E-state index in [0.29, 0.717) is 0 Å². The summed E-state index contributed by atoms with van der Waals surface area (Å²) in [6.07, 6.45) is 3.70. The maximum absolute atomic E-state index is 12.9. The van der Waals surface area contributed by atoms with E-state index < -0.39 is 0 Å². The summed E-state index contributed by atoms with van der Waals surface area (Å²) in [5.41, 5.74) is 1.06. The Morgan fingerprint density at radius 2 is 1.88 bits per heavy atom. The fourth-order valence-electron chi connectivity index (χ4n) is 1.46. The smallest absolute Gasteiger partial charge is 0.124 e. The van der Waals surface area contributed by atoms with Crippen LogP contribution in [0.15, 0.2) is 48.0 Å². The minimum Gasteiger partial charge on any atom is -0.292 e. The Bertz CT molecular complexity index is 366. The molecule has 16 heavy (non-hydrogen) atoms. The molecule has 0 saturated carbocycles. The van der Waals surface area contributed by atoms with Crippen LogP contribution in [0.5, 0.6) is 0 Å². The number of benzene rings is 1. The fraction of sp³-hybridized carbons (Fsp3) is 0.231. The summed E-state index contributed by atoms with van der Waals surface area (Å²) in [6, 6.07) is 4.74. The lowest BCUT2D eigenvalue weighted by atomic mass is 10.2. The summed E-state index contributed by atoms with van der Waals surface area (Å²) in [4.78, 5) is 2.16. The monoisotopic (exact) mass is 283 g/mol. The minimum atomic E-state index is -0.227. The SMILES string of the molecule is C=CCN(CC=C)Cc1ccc(F)cc1Br. The van der Waals surface area contributed by atoms with Crippen LogP contribution in [0.2, 0.25) is 0 Å². The summed E-state index contributed by atoms with van der Waals surface area (Å²) in [7, 11) is 0. The molecule has 1 nitrogen and oxygen atoms in total. The molecule has 0 heterocycles. The zero-order chi connectivity index (χ0) is 12.0. The zero-order valence-electron chi connectivity index (χ0n) is 9.13. The maximum Gasteiger partial charge on any atom is 0.124 e. The molecule has 0 saturated heterocycles. The maximum atomic E-state index is 12.9. The van der Waals surface area contributed by atoms with Crippen molar-refractivity contribution in [3.05, 3.63) is 59.4 Å². The highest BCUT2D eigenvalue weighted by atomic mass is 79.9. The van der Waals surface area contributed by atoms with E-state index in [1.54, 1.807) is 6.07 Å². The highest BCUT2D eigenvalue weighted by Crippen LogP contribution is 2.19. The molecule has 0 aliphatic rings. The van der Waals surface area contributed by atoms with Crippen LogP contribution in [0.1, 0.15) is 5.56 Å². The number of hydrogen-bond donors (Lipinski definition) is 0. The average molecular weight is 284 g/mol. The number of halogens is 2. The molecule has 0 spiro atoms. The third kappa shape index (κ3) is 3.91. The molecule has 0 amide bonds. The molecular formula is C13H15BrFN. The van der Waals surface area contributed by atoms with Crippen LogP contribution in [-0.2, 0) is 6.54 Å². The van der Waals surface area contributed by atoms with Crippen molar-refractivity contribution in [1.29, 1.82) is 0 Å². The predicted octanol–water partition coefficient (Wildman–Crippen LogP) is 3.76. The van der Waals surface area contributed by atoms with Gasteiger partial charge in [0, 0.05) is 24.1 Å². The van der Waals surface area contributed by atoms with Gasteiger partial charge in [-0.25, -0.2) is 4.39 Å². The fourth-order valence-corrected chi connectivity index (χ4v) is 1.94. The van der Waals surface area contributed by atoms with Crippen LogP contribution in [-0.4, -0.2) is 18.0 Å². The van der Waals surface area contributed by atoms with E-state index in [2.05, 4.69) is 34.0 Å². The molecule has 1 rings (SSSR count). The van der Waals surface area contributed by atoms with Crippen molar-refractivity contribution in [2.75, 3.05) is 13.1 Å².